The van der Waals surface area contributed by atoms with E-state index in [2.05, 4.69) is 42.6 Å². The van der Waals surface area contributed by atoms with Crippen LogP contribution in [-0.2, 0) is 13.0 Å². The Labute approximate surface area is 199 Å². The van der Waals surface area contributed by atoms with Crippen LogP contribution in [0.5, 0.6) is 0 Å². The highest BCUT2D eigenvalue weighted by molar-refractivity contribution is 5.88. The molecule has 0 saturated heterocycles. The molecule has 0 radical (unpaired) electrons. The maximum absolute atomic E-state index is 14.5. The van der Waals surface area contributed by atoms with Crippen LogP contribution < -0.4 is 0 Å². The van der Waals surface area contributed by atoms with Crippen LogP contribution in [0.1, 0.15) is 38.8 Å². The summed E-state index contributed by atoms with van der Waals surface area (Å²) in [6.45, 7) is 1.29. The average molecular weight is 468 g/mol. The van der Waals surface area contributed by atoms with E-state index >= 15 is 0 Å². The predicted octanol–water partition coefficient (Wildman–Crippen LogP) is 4.33. The SMILES string of the molecule is O=C(O)c1cccc(C2c3[nH]c4ccccc4c3CCN2Cc2ccc(F)c(-c3nn[nH]n3)c2)c1. The first-order valence-corrected chi connectivity index (χ1v) is 11.3. The van der Waals surface area contributed by atoms with E-state index in [0.717, 1.165) is 35.3 Å². The van der Waals surface area contributed by atoms with Crippen molar-refractivity contribution < 1.29 is 14.3 Å². The zero-order valence-corrected chi connectivity index (χ0v) is 18.6. The largest absolute Gasteiger partial charge is 0.478 e. The molecule has 3 N–H and O–H groups in total. The van der Waals surface area contributed by atoms with Crippen LogP contribution in [0.15, 0.2) is 66.7 Å². The van der Waals surface area contributed by atoms with Gasteiger partial charge in [0.1, 0.15) is 5.82 Å². The van der Waals surface area contributed by atoms with E-state index in [-0.39, 0.29) is 23.0 Å². The lowest BCUT2D eigenvalue weighted by Crippen LogP contribution is -2.35. The molecule has 8 nitrogen and oxygen atoms in total. The molecule has 0 fully saturated rings. The number of para-hydroxylation sites is 1. The number of fused-ring (bicyclic) bond motifs is 3. The molecule has 1 aliphatic rings. The quantitative estimate of drug-likeness (QED) is 0.354. The monoisotopic (exact) mass is 468 g/mol. The Hall–Kier alpha value is -4.37. The molecule has 1 unspecified atom stereocenters. The van der Waals surface area contributed by atoms with Crippen molar-refractivity contribution in [2.75, 3.05) is 6.54 Å². The first-order valence-electron chi connectivity index (χ1n) is 11.3. The van der Waals surface area contributed by atoms with Gasteiger partial charge < -0.3 is 10.1 Å². The predicted molar refractivity (Wildman–Crippen MR) is 127 cm³/mol. The van der Waals surface area contributed by atoms with Crippen molar-refractivity contribution >= 4 is 16.9 Å². The summed E-state index contributed by atoms with van der Waals surface area (Å²) < 4.78 is 14.5. The molecule has 1 atom stereocenters. The number of carbonyl (C=O) groups is 1. The molecule has 174 valence electrons. The first-order chi connectivity index (χ1) is 17.1. The van der Waals surface area contributed by atoms with Gasteiger partial charge in [0.05, 0.1) is 17.2 Å². The van der Waals surface area contributed by atoms with Gasteiger partial charge >= 0.3 is 5.97 Å². The minimum Gasteiger partial charge on any atom is -0.478 e. The summed E-state index contributed by atoms with van der Waals surface area (Å²) in [5, 5.41) is 24.5. The number of tetrazole rings is 1. The summed E-state index contributed by atoms with van der Waals surface area (Å²) in [7, 11) is 0. The van der Waals surface area contributed by atoms with Crippen molar-refractivity contribution in [2.24, 2.45) is 0 Å². The van der Waals surface area contributed by atoms with E-state index < -0.39 is 11.8 Å². The lowest BCUT2D eigenvalue weighted by Gasteiger charge is -2.36. The second-order valence-electron chi connectivity index (χ2n) is 8.67. The number of aromatic carboxylic acids is 1. The fourth-order valence-corrected chi connectivity index (χ4v) is 5.03. The van der Waals surface area contributed by atoms with E-state index in [1.165, 1.54) is 17.0 Å². The Bertz CT molecular complexity index is 1550. The van der Waals surface area contributed by atoms with Crippen molar-refractivity contribution in [3.63, 3.8) is 0 Å². The van der Waals surface area contributed by atoms with E-state index in [9.17, 15) is 14.3 Å². The lowest BCUT2D eigenvalue weighted by molar-refractivity contribution is 0.0696. The number of aromatic amines is 2. The number of carboxylic acid groups (broad SMARTS) is 1. The number of H-pyrrole nitrogens is 2. The number of nitrogens with zero attached hydrogens (tertiary/aromatic N) is 4. The van der Waals surface area contributed by atoms with Crippen LogP contribution in [0, 0.1) is 5.82 Å². The topological polar surface area (TPSA) is 111 Å². The third-order valence-corrected chi connectivity index (χ3v) is 6.59. The van der Waals surface area contributed by atoms with Gasteiger partial charge in [0.2, 0.25) is 5.82 Å². The molecule has 3 aromatic carbocycles. The number of rotatable bonds is 5. The second-order valence-corrected chi connectivity index (χ2v) is 8.67. The third kappa shape index (κ3) is 3.75. The van der Waals surface area contributed by atoms with Crippen LogP contribution in [0.25, 0.3) is 22.3 Å². The van der Waals surface area contributed by atoms with Crippen LogP contribution in [-0.4, -0.2) is 48.1 Å². The molecule has 0 spiro atoms. The van der Waals surface area contributed by atoms with E-state index in [1.807, 2.05) is 18.2 Å². The summed E-state index contributed by atoms with van der Waals surface area (Å²) in [4.78, 5) is 17.6. The molecular formula is C26H21FN6O2. The van der Waals surface area contributed by atoms with Gasteiger partial charge in [0.15, 0.2) is 0 Å². The molecule has 0 amide bonds. The summed E-state index contributed by atoms with van der Waals surface area (Å²) in [5.41, 5.74) is 5.66. The number of nitrogens with one attached hydrogen (secondary N) is 2. The number of halogens is 1. The molecule has 9 heteroatoms. The molecule has 5 aromatic rings. The van der Waals surface area contributed by atoms with Crippen LogP contribution in [0.2, 0.25) is 0 Å². The maximum Gasteiger partial charge on any atom is 0.335 e. The van der Waals surface area contributed by atoms with Crippen LogP contribution in [0.4, 0.5) is 4.39 Å². The number of carboxylic acids is 1. The first kappa shape index (κ1) is 21.2. The Balaban J connectivity index is 1.44. The van der Waals surface area contributed by atoms with Crippen LogP contribution >= 0.6 is 0 Å². The number of aromatic nitrogens is 5. The average Bonchev–Trinajstić information content (AvgIpc) is 3.53. The third-order valence-electron chi connectivity index (χ3n) is 6.59. The van der Waals surface area contributed by atoms with Crippen molar-refractivity contribution in [3.05, 3.63) is 100 Å². The molecule has 3 heterocycles. The summed E-state index contributed by atoms with van der Waals surface area (Å²) in [6, 6.07) is 20.0. The second kappa shape index (κ2) is 8.44. The zero-order chi connectivity index (χ0) is 23.9. The molecule has 0 aliphatic carbocycles. The molecule has 2 aromatic heterocycles. The number of benzene rings is 3. The zero-order valence-electron chi connectivity index (χ0n) is 18.6. The highest BCUT2D eigenvalue weighted by Crippen LogP contribution is 2.39. The van der Waals surface area contributed by atoms with Gasteiger partial charge in [0, 0.05) is 29.7 Å². The fraction of sp³-hybridized carbons (Fsp3) is 0.154. The number of hydrogen-bond acceptors (Lipinski definition) is 5. The standard InChI is InChI=1S/C26H21FN6O2/c27-21-9-8-15(12-20(21)25-29-31-32-30-25)14-33-11-10-19-18-6-1-2-7-22(18)28-23(19)24(33)16-4-3-5-17(13-16)26(34)35/h1-9,12-13,24,28H,10-11,14H2,(H,34,35)(H,29,30,31,32). The molecule has 35 heavy (non-hydrogen) atoms. The minimum absolute atomic E-state index is 0.191. The van der Waals surface area contributed by atoms with Gasteiger partial charge in [0.25, 0.3) is 0 Å². The lowest BCUT2D eigenvalue weighted by atomic mass is 9.91. The van der Waals surface area contributed by atoms with Crippen molar-refractivity contribution in [2.45, 2.75) is 19.0 Å². The maximum atomic E-state index is 14.5. The van der Waals surface area contributed by atoms with Gasteiger partial charge in [-0.3, -0.25) is 4.90 Å². The van der Waals surface area contributed by atoms with Crippen molar-refractivity contribution in [1.29, 1.82) is 0 Å². The van der Waals surface area contributed by atoms with E-state index in [1.54, 1.807) is 30.3 Å². The Kier molecular flexibility index (Phi) is 5.11. The number of hydrogen-bond donors (Lipinski definition) is 3. The molecule has 6 rings (SSSR count). The van der Waals surface area contributed by atoms with Crippen molar-refractivity contribution in [3.8, 4) is 11.4 Å². The van der Waals surface area contributed by atoms with Gasteiger partial charge in [-0.1, -0.05) is 36.4 Å². The Morgan fingerprint density at radius 1 is 1.11 bits per heavy atom. The Morgan fingerprint density at radius 2 is 2.00 bits per heavy atom. The molecule has 0 saturated carbocycles. The molecule has 1 aliphatic heterocycles. The van der Waals surface area contributed by atoms with Gasteiger partial charge in [-0.25, -0.2) is 9.18 Å². The van der Waals surface area contributed by atoms with Gasteiger partial charge in [-0.15, -0.1) is 10.2 Å². The van der Waals surface area contributed by atoms with Crippen LogP contribution in [0.3, 0.4) is 0 Å². The highest BCUT2D eigenvalue weighted by atomic mass is 19.1. The smallest absolute Gasteiger partial charge is 0.335 e. The van der Waals surface area contributed by atoms with E-state index in [0.29, 0.717) is 6.54 Å². The fourth-order valence-electron chi connectivity index (χ4n) is 5.03. The molecule has 0 bridgehead atoms. The van der Waals surface area contributed by atoms with Gasteiger partial charge in [-0.05, 0) is 58.7 Å². The highest BCUT2D eigenvalue weighted by Gasteiger charge is 2.32. The summed E-state index contributed by atoms with van der Waals surface area (Å²) in [6.07, 6.45) is 0.841. The minimum atomic E-state index is -0.964. The van der Waals surface area contributed by atoms with E-state index in [4.69, 9.17) is 0 Å². The molecular weight excluding hydrogens is 447 g/mol. The summed E-state index contributed by atoms with van der Waals surface area (Å²) >= 11 is 0. The normalized spacial score (nSPS) is 15.9. The summed E-state index contributed by atoms with van der Waals surface area (Å²) in [5.74, 6) is -1.18. The van der Waals surface area contributed by atoms with Crippen molar-refractivity contribution in [1.82, 2.24) is 30.5 Å². The Morgan fingerprint density at radius 3 is 2.83 bits per heavy atom. The van der Waals surface area contributed by atoms with Gasteiger partial charge in [-0.2, -0.15) is 5.21 Å².